The fraction of sp³-hybridized carbons (Fsp3) is 0.500. The molecule has 0 heterocycles. The van der Waals surface area contributed by atoms with Crippen molar-refractivity contribution in [3.8, 4) is 0 Å². The van der Waals surface area contributed by atoms with E-state index in [1.807, 2.05) is 13.1 Å². The van der Waals surface area contributed by atoms with Gasteiger partial charge in [-0.2, -0.15) is 0 Å². The smallest absolute Gasteiger partial charge is 0.123 e. The molecular weight excluding hydrogens is 363 g/mol. The number of rotatable bonds is 7. The monoisotopic (exact) mass is 380 g/mol. The molecule has 0 aromatic rings. The van der Waals surface area contributed by atoms with Crippen LogP contribution >= 0.6 is 34.2 Å². The van der Waals surface area contributed by atoms with Gasteiger partial charge in [-0.05, 0) is 48.3 Å². The van der Waals surface area contributed by atoms with Crippen LogP contribution in [0.5, 0.6) is 0 Å². The van der Waals surface area contributed by atoms with E-state index < -0.39 is 0 Å². The van der Waals surface area contributed by atoms with Gasteiger partial charge in [0.2, 0.25) is 0 Å². The van der Waals surface area contributed by atoms with Crippen molar-refractivity contribution in [1.82, 2.24) is 5.32 Å². The molecule has 100 valence electrons. The van der Waals surface area contributed by atoms with Crippen LogP contribution in [-0.4, -0.2) is 24.5 Å². The third kappa shape index (κ3) is 7.00. The number of nitrogens with zero attached hydrogens (tertiary/aromatic N) is 1. The first kappa shape index (κ1) is 15.5. The van der Waals surface area contributed by atoms with Crippen molar-refractivity contribution >= 4 is 45.6 Å². The summed E-state index contributed by atoms with van der Waals surface area (Å²) in [5.41, 5.74) is 7.54. The Morgan fingerprint density at radius 3 is 2.78 bits per heavy atom. The first-order chi connectivity index (χ1) is 8.49. The van der Waals surface area contributed by atoms with Crippen molar-refractivity contribution in [3.63, 3.8) is 0 Å². The zero-order valence-electron chi connectivity index (χ0n) is 10.3. The van der Waals surface area contributed by atoms with Crippen LogP contribution in [0.1, 0.15) is 19.8 Å². The van der Waals surface area contributed by atoms with Crippen molar-refractivity contribution in [3.05, 3.63) is 21.0 Å². The molecule has 4 N–H and O–H groups in total. The Morgan fingerprint density at radius 1 is 1.61 bits per heavy atom. The summed E-state index contributed by atoms with van der Waals surface area (Å²) in [5, 5.41) is 10.3. The second kappa shape index (κ2) is 7.78. The first-order valence-corrected chi connectivity index (χ1v) is 7.25. The van der Waals surface area contributed by atoms with Gasteiger partial charge in [-0.15, -0.1) is 0 Å². The highest BCUT2D eigenvalue weighted by Crippen LogP contribution is 2.28. The van der Waals surface area contributed by atoms with Crippen molar-refractivity contribution in [2.75, 3.05) is 13.1 Å². The highest BCUT2D eigenvalue weighted by molar-refractivity contribution is 14.1. The third-order valence-corrected chi connectivity index (χ3v) is 3.32. The molecule has 0 spiro atoms. The molecule has 0 amide bonds. The summed E-state index contributed by atoms with van der Waals surface area (Å²) in [7, 11) is 0. The van der Waals surface area contributed by atoms with Gasteiger partial charge >= 0.3 is 0 Å². The summed E-state index contributed by atoms with van der Waals surface area (Å²) in [4.78, 5) is 4.40. The molecule has 6 heteroatoms. The molecule has 0 aromatic heterocycles. The summed E-state index contributed by atoms with van der Waals surface area (Å²) >= 11 is 7.56. The van der Waals surface area contributed by atoms with E-state index in [0.717, 1.165) is 27.4 Å². The minimum Gasteiger partial charge on any atom is -0.402 e. The zero-order chi connectivity index (χ0) is 13.5. The van der Waals surface area contributed by atoms with E-state index in [1.165, 1.54) is 12.8 Å². The van der Waals surface area contributed by atoms with Gasteiger partial charge in [-0.1, -0.05) is 11.6 Å². The molecule has 0 atom stereocenters. The molecule has 0 bridgehead atoms. The lowest BCUT2D eigenvalue weighted by Crippen LogP contribution is -2.17. The first-order valence-electron chi connectivity index (χ1n) is 5.79. The number of nitrogens with two attached hydrogens (primary N) is 1. The van der Waals surface area contributed by atoms with Crippen LogP contribution in [0.3, 0.4) is 0 Å². The van der Waals surface area contributed by atoms with Gasteiger partial charge < -0.3 is 11.1 Å². The Morgan fingerprint density at radius 2 is 2.28 bits per heavy atom. The largest absolute Gasteiger partial charge is 0.402 e. The van der Waals surface area contributed by atoms with Crippen molar-refractivity contribution in [2.24, 2.45) is 16.6 Å². The molecular formula is C12H18ClIN4. The normalized spacial score (nSPS) is 17.8. The molecule has 18 heavy (non-hydrogen) atoms. The molecule has 1 aliphatic rings. The predicted molar refractivity (Wildman–Crippen MR) is 86.7 cm³/mol. The maximum Gasteiger partial charge on any atom is 0.123 e. The predicted octanol–water partition coefficient (Wildman–Crippen LogP) is 2.78. The summed E-state index contributed by atoms with van der Waals surface area (Å²) < 4.78 is 0.807. The van der Waals surface area contributed by atoms with Gasteiger partial charge in [0.15, 0.2) is 0 Å². The lowest BCUT2D eigenvalue weighted by atomic mass is 10.2. The maximum atomic E-state index is 7.14. The number of allylic oxidation sites excluding steroid dienone is 2. The van der Waals surface area contributed by atoms with Crippen molar-refractivity contribution < 1.29 is 0 Å². The number of aliphatic imine (C=N–C) groups is 1. The van der Waals surface area contributed by atoms with Crippen LogP contribution in [0.2, 0.25) is 0 Å². The number of halogens is 2. The highest BCUT2D eigenvalue weighted by atomic mass is 127. The Bertz CT molecular complexity index is 393. The van der Waals surface area contributed by atoms with Crippen LogP contribution in [0.15, 0.2) is 26.0 Å². The molecule has 0 saturated heterocycles. The standard InChI is InChI=1S/C12H18ClIN4/c1-8(15)10(6-17-5-9-2-3-9)7-18-12(14)4-11(13)16/h4,6,9,16,18H,2-3,5,7,15H2,1H3/b10-8?,12-4-,16-11?,17-6?. The van der Waals surface area contributed by atoms with Crippen LogP contribution in [0, 0.1) is 11.3 Å². The van der Waals surface area contributed by atoms with Gasteiger partial charge in [-0.3, -0.25) is 10.4 Å². The number of hydrogen-bond acceptors (Lipinski definition) is 4. The van der Waals surface area contributed by atoms with E-state index in [4.69, 9.17) is 22.7 Å². The second-order valence-corrected chi connectivity index (χ2v) is 5.91. The second-order valence-electron chi connectivity index (χ2n) is 4.34. The summed E-state index contributed by atoms with van der Waals surface area (Å²) in [6.07, 6.45) is 5.99. The molecule has 4 nitrogen and oxygen atoms in total. The van der Waals surface area contributed by atoms with E-state index in [-0.39, 0.29) is 5.17 Å². The minimum absolute atomic E-state index is 0.00398. The lowest BCUT2D eigenvalue weighted by molar-refractivity contribution is 0.849. The summed E-state index contributed by atoms with van der Waals surface area (Å²) in [6.45, 7) is 3.35. The van der Waals surface area contributed by atoms with E-state index in [2.05, 4.69) is 32.9 Å². The van der Waals surface area contributed by atoms with E-state index in [0.29, 0.717) is 6.54 Å². The van der Waals surface area contributed by atoms with E-state index in [9.17, 15) is 0 Å². The lowest BCUT2D eigenvalue weighted by Gasteiger charge is -2.07. The van der Waals surface area contributed by atoms with Crippen molar-refractivity contribution in [2.45, 2.75) is 19.8 Å². The van der Waals surface area contributed by atoms with E-state index >= 15 is 0 Å². The summed E-state index contributed by atoms with van der Waals surface area (Å²) in [5.74, 6) is 0.783. The maximum absolute atomic E-state index is 7.14. The molecule has 1 fully saturated rings. The fourth-order valence-electron chi connectivity index (χ4n) is 1.24. The van der Waals surface area contributed by atoms with Crippen molar-refractivity contribution in [1.29, 1.82) is 5.41 Å². The molecule has 0 aromatic carbocycles. The number of hydrogen-bond donors (Lipinski definition) is 3. The average Bonchev–Trinajstić information content (AvgIpc) is 3.05. The van der Waals surface area contributed by atoms with Gasteiger partial charge in [0.05, 0.1) is 3.70 Å². The Kier molecular flexibility index (Phi) is 6.70. The number of nitrogens with one attached hydrogen (secondary N) is 2. The average molecular weight is 381 g/mol. The van der Waals surface area contributed by atoms with Gasteiger partial charge in [0, 0.05) is 36.7 Å². The minimum atomic E-state index is 0.00398. The van der Waals surface area contributed by atoms with E-state index in [1.54, 1.807) is 6.08 Å². The Balaban J connectivity index is 2.45. The quantitative estimate of drug-likeness (QED) is 0.361. The van der Waals surface area contributed by atoms with Crippen LogP contribution < -0.4 is 11.1 Å². The topological polar surface area (TPSA) is 74.3 Å². The molecule has 1 rings (SSSR count). The molecule has 0 radical (unpaired) electrons. The van der Waals surface area contributed by atoms with Crippen LogP contribution in [-0.2, 0) is 0 Å². The van der Waals surface area contributed by atoms with Gasteiger partial charge in [0.25, 0.3) is 0 Å². The highest BCUT2D eigenvalue weighted by Gasteiger charge is 2.19. The van der Waals surface area contributed by atoms with Gasteiger partial charge in [-0.25, -0.2) is 0 Å². The van der Waals surface area contributed by atoms with Crippen LogP contribution in [0.4, 0.5) is 0 Å². The molecule has 1 saturated carbocycles. The third-order valence-electron chi connectivity index (χ3n) is 2.52. The fourth-order valence-corrected chi connectivity index (χ4v) is 2.04. The molecule has 0 aliphatic heterocycles. The van der Waals surface area contributed by atoms with Gasteiger partial charge in [0.1, 0.15) is 5.17 Å². The Hall–Kier alpha value is -0.560. The summed E-state index contributed by atoms with van der Waals surface area (Å²) in [6, 6.07) is 0. The zero-order valence-corrected chi connectivity index (χ0v) is 13.3. The Labute approximate surface area is 126 Å². The van der Waals surface area contributed by atoms with Crippen LogP contribution in [0.25, 0.3) is 0 Å². The SMILES string of the molecule is CC(N)=C(C=NCC1CC1)CN/C(I)=C\C(=N)Cl. The molecule has 1 aliphatic carbocycles. The molecule has 0 unspecified atom stereocenters.